The Morgan fingerprint density at radius 1 is 1.08 bits per heavy atom. The van der Waals surface area contributed by atoms with E-state index in [9.17, 15) is 9.18 Å². The number of rotatable bonds is 3. The van der Waals surface area contributed by atoms with Crippen LogP contribution in [0.5, 0.6) is 0 Å². The van der Waals surface area contributed by atoms with Gasteiger partial charge in [-0.3, -0.25) is 9.69 Å². The molecule has 2 aliphatic heterocycles. The zero-order valence-electron chi connectivity index (χ0n) is 14.3. The highest BCUT2D eigenvalue weighted by Gasteiger charge is 2.41. The molecule has 24 heavy (non-hydrogen) atoms. The molecule has 0 atom stereocenters. The number of hydrogen-bond donors (Lipinski definition) is 0. The van der Waals surface area contributed by atoms with Crippen LogP contribution in [0.25, 0.3) is 0 Å². The standard InChI is InChI=1S/C20H27FN2O/c21-18-3-1-2-16(14-18)15-22-10-6-20(7-11-22)8-12-23(13-9-20)19(24)17-4-5-17/h1-3,14,17H,4-13,15H2. The van der Waals surface area contributed by atoms with Crippen molar-refractivity contribution in [1.82, 2.24) is 9.80 Å². The van der Waals surface area contributed by atoms with Crippen LogP contribution >= 0.6 is 0 Å². The van der Waals surface area contributed by atoms with Gasteiger partial charge in [-0.25, -0.2) is 4.39 Å². The van der Waals surface area contributed by atoms with E-state index in [0.717, 1.165) is 51.1 Å². The van der Waals surface area contributed by atoms with Crippen LogP contribution in [0.3, 0.4) is 0 Å². The maximum absolute atomic E-state index is 13.3. The highest BCUT2D eigenvalue weighted by Crippen LogP contribution is 2.42. The van der Waals surface area contributed by atoms with Gasteiger partial charge in [-0.15, -0.1) is 0 Å². The Hall–Kier alpha value is -1.42. The molecule has 1 spiro atoms. The second kappa shape index (κ2) is 6.47. The summed E-state index contributed by atoms with van der Waals surface area (Å²) in [7, 11) is 0. The largest absolute Gasteiger partial charge is 0.342 e. The molecule has 0 N–H and O–H groups in total. The Bertz CT molecular complexity index is 595. The van der Waals surface area contributed by atoms with E-state index in [0.29, 0.717) is 17.2 Å². The summed E-state index contributed by atoms with van der Waals surface area (Å²) in [6, 6.07) is 6.95. The number of amides is 1. The lowest BCUT2D eigenvalue weighted by Crippen LogP contribution is -2.48. The SMILES string of the molecule is O=C(C1CC1)N1CCC2(CCN(Cc3cccc(F)c3)CC2)CC1. The van der Waals surface area contributed by atoms with Crippen molar-refractivity contribution in [1.29, 1.82) is 0 Å². The fourth-order valence-corrected chi connectivity index (χ4v) is 4.37. The lowest BCUT2D eigenvalue weighted by molar-refractivity contribution is -0.135. The van der Waals surface area contributed by atoms with E-state index in [1.165, 1.54) is 31.7 Å². The number of carbonyl (C=O) groups is 1. The molecular formula is C20H27FN2O. The maximum atomic E-state index is 13.3. The van der Waals surface area contributed by atoms with Crippen LogP contribution in [-0.2, 0) is 11.3 Å². The van der Waals surface area contributed by atoms with E-state index in [4.69, 9.17) is 0 Å². The summed E-state index contributed by atoms with van der Waals surface area (Å²) >= 11 is 0. The van der Waals surface area contributed by atoms with Crippen molar-refractivity contribution < 1.29 is 9.18 Å². The molecule has 4 rings (SSSR count). The van der Waals surface area contributed by atoms with Crippen molar-refractivity contribution in [2.45, 2.75) is 45.1 Å². The predicted molar refractivity (Wildman–Crippen MR) is 91.9 cm³/mol. The molecule has 3 fully saturated rings. The topological polar surface area (TPSA) is 23.6 Å². The van der Waals surface area contributed by atoms with Crippen molar-refractivity contribution in [3.8, 4) is 0 Å². The fourth-order valence-electron chi connectivity index (χ4n) is 4.37. The summed E-state index contributed by atoms with van der Waals surface area (Å²) in [5.41, 5.74) is 1.51. The normalized spacial score (nSPS) is 24.3. The summed E-state index contributed by atoms with van der Waals surface area (Å²) in [5.74, 6) is 0.620. The van der Waals surface area contributed by atoms with Crippen molar-refractivity contribution in [3.05, 3.63) is 35.6 Å². The molecule has 0 unspecified atom stereocenters. The Morgan fingerprint density at radius 3 is 2.38 bits per heavy atom. The predicted octanol–water partition coefficient (Wildman–Crippen LogP) is 3.44. The van der Waals surface area contributed by atoms with Gasteiger partial charge in [0.1, 0.15) is 5.82 Å². The molecule has 1 saturated carbocycles. The van der Waals surface area contributed by atoms with Crippen LogP contribution in [0.1, 0.15) is 44.1 Å². The first-order valence-corrected chi connectivity index (χ1v) is 9.39. The van der Waals surface area contributed by atoms with Gasteiger partial charge in [0.2, 0.25) is 5.91 Å². The summed E-state index contributed by atoms with van der Waals surface area (Å²) < 4.78 is 13.3. The average molecular weight is 330 g/mol. The van der Waals surface area contributed by atoms with E-state index in [2.05, 4.69) is 9.80 Å². The smallest absolute Gasteiger partial charge is 0.225 e. The van der Waals surface area contributed by atoms with Crippen molar-refractivity contribution in [3.63, 3.8) is 0 Å². The van der Waals surface area contributed by atoms with Gasteiger partial charge in [0.05, 0.1) is 0 Å². The first kappa shape index (κ1) is 16.1. The summed E-state index contributed by atoms with van der Waals surface area (Å²) in [5, 5.41) is 0. The van der Waals surface area contributed by atoms with Crippen LogP contribution in [0.4, 0.5) is 4.39 Å². The number of nitrogens with zero attached hydrogens (tertiary/aromatic N) is 2. The molecule has 1 amide bonds. The number of hydrogen-bond acceptors (Lipinski definition) is 2. The molecule has 0 aromatic heterocycles. The monoisotopic (exact) mass is 330 g/mol. The first-order chi connectivity index (χ1) is 11.6. The van der Waals surface area contributed by atoms with Crippen LogP contribution < -0.4 is 0 Å². The fraction of sp³-hybridized carbons (Fsp3) is 0.650. The van der Waals surface area contributed by atoms with Crippen molar-refractivity contribution in [2.24, 2.45) is 11.3 Å². The first-order valence-electron chi connectivity index (χ1n) is 9.39. The van der Waals surface area contributed by atoms with Gasteiger partial charge in [0, 0.05) is 25.6 Å². The Morgan fingerprint density at radius 2 is 1.75 bits per heavy atom. The van der Waals surface area contributed by atoms with E-state index < -0.39 is 0 Å². The third kappa shape index (κ3) is 3.49. The summed E-state index contributed by atoms with van der Waals surface area (Å²) in [6.07, 6.45) is 6.98. The number of piperidine rings is 2. The molecule has 0 bridgehead atoms. The molecule has 2 heterocycles. The zero-order chi connectivity index (χ0) is 16.6. The van der Waals surface area contributed by atoms with Crippen LogP contribution in [0.15, 0.2) is 24.3 Å². The quantitative estimate of drug-likeness (QED) is 0.847. The third-order valence-corrected chi connectivity index (χ3v) is 6.27. The average Bonchev–Trinajstić information content (AvgIpc) is 3.42. The zero-order valence-corrected chi connectivity index (χ0v) is 14.3. The molecule has 3 aliphatic rings. The number of carbonyl (C=O) groups excluding carboxylic acids is 1. The van der Waals surface area contributed by atoms with Crippen LogP contribution in [0.2, 0.25) is 0 Å². The second-order valence-electron chi connectivity index (χ2n) is 8.01. The molecule has 4 heteroatoms. The van der Waals surface area contributed by atoms with Gasteiger partial charge < -0.3 is 4.90 Å². The Balaban J connectivity index is 1.27. The van der Waals surface area contributed by atoms with Gasteiger partial charge in [0.15, 0.2) is 0 Å². The molecule has 130 valence electrons. The molecular weight excluding hydrogens is 303 g/mol. The number of likely N-dealkylation sites (tertiary alicyclic amines) is 2. The van der Waals surface area contributed by atoms with Crippen molar-refractivity contribution >= 4 is 5.91 Å². The molecule has 1 aromatic rings. The van der Waals surface area contributed by atoms with Gasteiger partial charge in [-0.1, -0.05) is 12.1 Å². The maximum Gasteiger partial charge on any atom is 0.225 e. The van der Waals surface area contributed by atoms with E-state index >= 15 is 0 Å². The highest BCUT2D eigenvalue weighted by atomic mass is 19.1. The minimum atomic E-state index is -0.145. The minimum Gasteiger partial charge on any atom is -0.342 e. The second-order valence-corrected chi connectivity index (χ2v) is 8.01. The van der Waals surface area contributed by atoms with Crippen LogP contribution in [0, 0.1) is 17.2 Å². The van der Waals surface area contributed by atoms with Gasteiger partial charge >= 0.3 is 0 Å². The molecule has 0 radical (unpaired) electrons. The summed E-state index contributed by atoms with van der Waals surface area (Å²) in [4.78, 5) is 16.8. The van der Waals surface area contributed by atoms with Gasteiger partial charge in [-0.2, -0.15) is 0 Å². The van der Waals surface area contributed by atoms with Gasteiger partial charge in [-0.05, 0) is 74.7 Å². The Kier molecular flexibility index (Phi) is 4.33. The van der Waals surface area contributed by atoms with E-state index in [1.807, 2.05) is 6.07 Å². The number of benzene rings is 1. The lowest BCUT2D eigenvalue weighted by atomic mass is 9.71. The Labute approximate surface area is 143 Å². The lowest BCUT2D eigenvalue weighted by Gasteiger charge is -2.47. The van der Waals surface area contributed by atoms with Crippen LogP contribution in [-0.4, -0.2) is 41.9 Å². The van der Waals surface area contributed by atoms with E-state index in [1.54, 1.807) is 12.1 Å². The highest BCUT2D eigenvalue weighted by molar-refractivity contribution is 5.81. The molecule has 2 saturated heterocycles. The molecule has 1 aromatic carbocycles. The van der Waals surface area contributed by atoms with E-state index in [-0.39, 0.29) is 5.82 Å². The molecule has 1 aliphatic carbocycles. The third-order valence-electron chi connectivity index (χ3n) is 6.27. The minimum absolute atomic E-state index is 0.145. The molecule has 3 nitrogen and oxygen atoms in total. The summed E-state index contributed by atoms with van der Waals surface area (Å²) in [6.45, 7) is 4.94. The van der Waals surface area contributed by atoms with Gasteiger partial charge in [0.25, 0.3) is 0 Å². The van der Waals surface area contributed by atoms with Crippen molar-refractivity contribution in [2.75, 3.05) is 26.2 Å². The number of halogens is 1.